The van der Waals surface area contributed by atoms with Crippen LogP contribution < -0.4 is 0 Å². The van der Waals surface area contributed by atoms with Crippen molar-refractivity contribution in [3.05, 3.63) is 60.1 Å². The highest BCUT2D eigenvalue weighted by atomic mass is 32.2. The van der Waals surface area contributed by atoms with Gasteiger partial charge in [-0.05, 0) is 6.07 Å². The molecular weight excluding hydrogens is 343 g/mol. The van der Waals surface area contributed by atoms with Crippen LogP contribution in [0.3, 0.4) is 0 Å². The van der Waals surface area contributed by atoms with Crippen LogP contribution in [-0.4, -0.2) is 19.7 Å². The average molecular weight is 353 g/mol. The van der Waals surface area contributed by atoms with E-state index in [-0.39, 0.29) is 11.4 Å². The molecule has 1 aromatic carbocycles. The van der Waals surface area contributed by atoms with Crippen LogP contribution in [0.5, 0.6) is 0 Å². The van der Waals surface area contributed by atoms with Gasteiger partial charge in [-0.3, -0.25) is 0 Å². The van der Waals surface area contributed by atoms with Crippen molar-refractivity contribution in [1.29, 1.82) is 0 Å². The Hall–Kier alpha value is -2.39. The predicted octanol–water partition coefficient (Wildman–Crippen LogP) is 3.46. The second-order valence-electron chi connectivity index (χ2n) is 4.78. The molecule has 2 heterocycles. The highest BCUT2D eigenvalue weighted by molar-refractivity contribution is 7.90. The van der Waals surface area contributed by atoms with Crippen LogP contribution in [0.15, 0.2) is 58.2 Å². The first kappa shape index (κ1) is 16.5. The van der Waals surface area contributed by atoms with Gasteiger partial charge in [0.1, 0.15) is 5.75 Å². The lowest BCUT2D eigenvalue weighted by Crippen LogP contribution is -2.07. The molecule has 5 nitrogen and oxygen atoms in total. The zero-order valence-electron chi connectivity index (χ0n) is 12.0. The zero-order valence-corrected chi connectivity index (χ0v) is 12.8. The SMILES string of the molecule is [O-][S+](Cc1ccccc1)c1ccc(-c2noc(C(F)(F)F)n2)cn1. The standard InChI is InChI=1S/C15H10F3N3O2S/c16-15(17,18)14-20-13(21-23-14)11-6-7-12(19-8-11)24(22)9-10-4-2-1-3-5-10/h1-8H,9H2. The molecule has 3 aromatic rings. The lowest BCUT2D eigenvalue weighted by atomic mass is 10.2. The maximum Gasteiger partial charge on any atom is 0.471 e. The Labute approximate surface area is 137 Å². The first-order chi connectivity index (χ1) is 11.4. The summed E-state index contributed by atoms with van der Waals surface area (Å²) in [6.45, 7) is 0. The topological polar surface area (TPSA) is 74.9 Å². The van der Waals surface area contributed by atoms with Crippen molar-refractivity contribution in [2.24, 2.45) is 0 Å². The number of alkyl halides is 3. The van der Waals surface area contributed by atoms with Crippen molar-refractivity contribution < 1.29 is 22.2 Å². The third-order valence-electron chi connectivity index (χ3n) is 3.04. The van der Waals surface area contributed by atoms with E-state index in [1.807, 2.05) is 30.3 Å². The minimum absolute atomic E-state index is 0.227. The van der Waals surface area contributed by atoms with Gasteiger partial charge in [0, 0.05) is 34.6 Å². The smallest absolute Gasteiger partial charge is 0.471 e. The van der Waals surface area contributed by atoms with Crippen LogP contribution in [0.4, 0.5) is 13.2 Å². The molecule has 0 radical (unpaired) electrons. The molecule has 0 saturated heterocycles. The Bertz CT molecular complexity index is 807. The predicted molar refractivity (Wildman–Crippen MR) is 79.1 cm³/mol. The number of pyridine rings is 1. The summed E-state index contributed by atoms with van der Waals surface area (Å²) in [5.41, 5.74) is 1.14. The highest BCUT2D eigenvalue weighted by Crippen LogP contribution is 2.29. The first-order valence-corrected chi connectivity index (χ1v) is 8.05. The van der Waals surface area contributed by atoms with Crippen molar-refractivity contribution in [3.63, 3.8) is 0 Å². The average Bonchev–Trinajstić information content (AvgIpc) is 3.06. The van der Waals surface area contributed by atoms with Gasteiger partial charge in [-0.2, -0.15) is 18.2 Å². The van der Waals surface area contributed by atoms with Crippen LogP contribution in [0.2, 0.25) is 0 Å². The van der Waals surface area contributed by atoms with E-state index in [4.69, 9.17) is 0 Å². The molecule has 0 aliphatic rings. The Morgan fingerprint density at radius 2 is 1.83 bits per heavy atom. The van der Waals surface area contributed by atoms with Gasteiger partial charge in [0.15, 0.2) is 0 Å². The summed E-state index contributed by atoms with van der Waals surface area (Å²) in [5, 5.41) is 3.59. The summed E-state index contributed by atoms with van der Waals surface area (Å²) in [5.74, 6) is -1.35. The minimum atomic E-state index is -4.70. The molecule has 1 atom stereocenters. The van der Waals surface area contributed by atoms with Gasteiger partial charge in [0.05, 0.1) is 0 Å². The molecule has 0 bridgehead atoms. The molecule has 0 spiro atoms. The summed E-state index contributed by atoms with van der Waals surface area (Å²) in [4.78, 5) is 7.29. The fourth-order valence-corrected chi connectivity index (χ4v) is 2.94. The lowest BCUT2D eigenvalue weighted by Gasteiger charge is -2.09. The van der Waals surface area contributed by atoms with Crippen molar-refractivity contribution in [3.8, 4) is 11.4 Å². The molecule has 0 N–H and O–H groups in total. The van der Waals surface area contributed by atoms with Gasteiger partial charge in [-0.15, -0.1) is 0 Å². The number of nitrogens with zero attached hydrogens (tertiary/aromatic N) is 3. The lowest BCUT2D eigenvalue weighted by molar-refractivity contribution is -0.159. The van der Waals surface area contributed by atoms with E-state index in [9.17, 15) is 17.7 Å². The maximum absolute atomic E-state index is 12.4. The monoisotopic (exact) mass is 353 g/mol. The Balaban J connectivity index is 1.74. The van der Waals surface area contributed by atoms with Gasteiger partial charge < -0.3 is 9.08 Å². The van der Waals surface area contributed by atoms with Crippen LogP contribution in [0.1, 0.15) is 11.5 Å². The normalized spacial score (nSPS) is 13.0. The summed E-state index contributed by atoms with van der Waals surface area (Å²) in [7, 11) is 0. The number of benzene rings is 1. The molecule has 0 saturated carbocycles. The highest BCUT2D eigenvalue weighted by Gasteiger charge is 2.38. The largest absolute Gasteiger partial charge is 0.610 e. The van der Waals surface area contributed by atoms with E-state index in [2.05, 4.69) is 19.6 Å². The molecule has 9 heteroatoms. The zero-order chi connectivity index (χ0) is 17.2. The van der Waals surface area contributed by atoms with Crippen LogP contribution >= 0.6 is 0 Å². The second kappa shape index (κ2) is 6.62. The molecular formula is C15H10F3N3O2S. The fourth-order valence-electron chi connectivity index (χ4n) is 1.90. The molecule has 0 aliphatic heterocycles. The maximum atomic E-state index is 12.4. The molecule has 24 heavy (non-hydrogen) atoms. The number of aromatic nitrogens is 3. The molecule has 0 fully saturated rings. The third-order valence-corrected chi connectivity index (χ3v) is 4.34. The second-order valence-corrected chi connectivity index (χ2v) is 6.18. The van der Waals surface area contributed by atoms with E-state index >= 15 is 0 Å². The molecule has 124 valence electrons. The summed E-state index contributed by atoms with van der Waals surface area (Å²) in [6, 6.07) is 12.2. The fraction of sp³-hybridized carbons (Fsp3) is 0.133. The summed E-state index contributed by atoms with van der Waals surface area (Å²) >= 11 is -1.36. The molecule has 0 aliphatic carbocycles. The van der Waals surface area contributed by atoms with Crippen LogP contribution in [0, 0.1) is 0 Å². The van der Waals surface area contributed by atoms with E-state index in [1.54, 1.807) is 0 Å². The van der Waals surface area contributed by atoms with Crippen molar-refractivity contribution in [1.82, 2.24) is 15.1 Å². The van der Waals surface area contributed by atoms with Gasteiger partial charge in [-0.1, -0.05) is 35.5 Å². The van der Waals surface area contributed by atoms with Gasteiger partial charge >= 0.3 is 12.1 Å². The van der Waals surface area contributed by atoms with E-state index < -0.39 is 23.2 Å². The van der Waals surface area contributed by atoms with E-state index in [0.29, 0.717) is 10.8 Å². The minimum Gasteiger partial charge on any atom is -0.610 e. The van der Waals surface area contributed by atoms with E-state index in [0.717, 1.165) is 5.56 Å². The molecule has 0 amide bonds. The van der Waals surface area contributed by atoms with Crippen molar-refractivity contribution >= 4 is 11.2 Å². The Morgan fingerprint density at radius 3 is 2.42 bits per heavy atom. The van der Waals surface area contributed by atoms with Crippen molar-refractivity contribution in [2.45, 2.75) is 17.0 Å². The Kier molecular flexibility index (Phi) is 4.54. The van der Waals surface area contributed by atoms with Gasteiger partial charge in [-0.25, -0.2) is 4.98 Å². The number of halogens is 3. The van der Waals surface area contributed by atoms with E-state index in [1.165, 1.54) is 18.3 Å². The number of hydrogen-bond acceptors (Lipinski definition) is 5. The van der Waals surface area contributed by atoms with Gasteiger partial charge in [0.25, 0.3) is 0 Å². The number of hydrogen-bond donors (Lipinski definition) is 0. The van der Waals surface area contributed by atoms with Gasteiger partial charge in [0.2, 0.25) is 10.9 Å². The third kappa shape index (κ3) is 3.74. The Morgan fingerprint density at radius 1 is 1.08 bits per heavy atom. The summed E-state index contributed by atoms with van der Waals surface area (Å²) in [6.07, 6.45) is -3.43. The van der Waals surface area contributed by atoms with Crippen molar-refractivity contribution in [2.75, 3.05) is 0 Å². The van der Waals surface area contributed by atoms with Crippen LogP contribution in [-0.2, 0) is 23.1 Å². The quantitative estimate of drug-likeness (QED) is 0.672. The molecule has 1 unspecified atom stereocenters. The molecule has 2 aromatic heterocycles. The van der Waals surface area contributed by atoms with Crippen LogP contribution in [0.25, 0.3) is 11.4 Å². The molecule has 3 rings (SSSR count). The first-order valence-electron chi connectivity index (χ1n) is 6.73. The number of rotatable bonds is 4. The summed E-state index contributed by atoms with van der Waals surface area (Å²) < 4.78 is 53.7.